The topological polar surface area (TPSA) is 145 Å². The number of rotatable bonds is 7. The van der Waals surface area contributed by atoms with Crippen LogP contribution in [0, 0.1) is 5.41 Å². The third-order valence-electron chi connectivity index (χ3n) is 5.90. The maximum absolute atomic E-state index is 14.1. The van der Waals surface area contributed by atoms with Crippen molar-refractivity contribution in [2.24, 2.45) is 5.73 Å². The highest BCUT2D eigenvalue weighted by molar-refractivity contribution is 5.94. The van der Waals surface area contributed by atoms with Gasteiger partial charge in [0, 0.05) is 35.9 Å². The van der Waals surface area contributed by atoms with Crippen molar-refractivity contribution in [3.05, 3.63) is 93.4 Å². The van der Waals surface area contributed by atoms with Gasteiger partial charge in [-0.1, -0.05) is 24.3 Å². The van der Waals surface area contributed by atoms with Gasteiger partial charge in [-0.25, -0.2) is 19.2 Å². The van der Waals surface area contributed by atoms with Crippen molar-refractivity contribution in [1.29, 1.82) is 5.41 Å². The number of ether oxygens (including phenoxy) is 2. The number of nitrogens with one attached hydrogen (secondary N) is 2. The number of nitrogens with zero attached hydrogens (tertiary/aromatic N) is 4. The van der Waals surface area contributed by atoms with Crippen molar-refractivity contribution in [2.75, 3.05) is 13.2 Å². The second-order valence-electron chi connectivity index (χ2n) is 8.33. The number of alkyl halides is 1. The summed E-state index contributed by atoms with van der Waals surface area (Å²) in [5.74, 6) is 0.871. The van der Waals surface area contributed by atoms with E-state index >= 15 is 0 Å². The standard InChI is InChI=1S/C25H24FN7O3/c26-14-18-12-17(13-20-21(18)36-10-2-9-35-20)19(11-15-3-5-16(6-4-15)22(27)28)23-31-25(34)33(32-23)24-29-7-1-8-30-24/h1,3-8,12-13,19H,2,9-11,14H2,(H3,27,28)(H,31,32,34). The molecule has 0 fully saturated rings. The molecule has 1 unspecified atom stereocenters. The van der Waals surface area contributed by atoms with Gasteiger partial charge in [-0.05, 0) is 35.7 Å². The molecule has 0 spiro atoms. The van der Waals surface area contributed by atoms with Gasteiger partial charge in [-0.3, -0.25) is 10.4 Å². The molecular weight excluding hydrogens is 465 g/mol. The minimum atomic E-state index is -0.734. The van der Waals surface area contributed by atoms with E-state index in [4.69, 9.17) is 20.6 Å². The fourth-order valence-electron chi connectivity index (χ4n) is 4.13. The highest BCUT2D eigenvalue weighted by Gasteiger charge is 2.25. The molecule has 2 aromatic carbocycles. The number of nitrogen functional groups attached to an aromatic ring is 1. The average Bonchev–Trinajstić information content (AvgIpc) is 3.12. The minimum absolute atomic E-state index is 0.0282. The number of halogens is 1. The van der Waals surface area contributed by atoms with Crippen LogP contribution in [0.4, 0.5) is 4.39 Å². The molecule has 0 saturated heterocycles. The molecule has 1 aliphatic rings. The van der Waals surface area contributed by atoms with Gasteiger partial charge in [0.05, 0.1) is 13.2 Å². The normalized spacial score (nSPS) is 13.7. The lowest BCUT2D eigenvalue weighted by molar-refractivity contribution is 0.295. The number of nitrogens with two attached hydrogens (primary N) is 1. The molecule has 10 nitrogen and oxygen atoms in total. The van der Waals surface area contributed by atoms with Crippen molar-refractivity contribution in [3.63, 3.8) is 0 Å². The van der Waals surface area contributed by atoms with Crippen molar-refractivity contribution < 1.29 is 13.9 Å². The maximum Gasteiger partial charge on any atom is 0.350 e. The van der Waals surface area contributed by atoms with Crippen LogP contribution in [0.25, 0.3) is 5.95 Å². The summed E-state index contributed by atoms with van der Waals surface area (Å²) in [7, 11) is 0. The summed E-state index contributed by atoms with van der Waals surface area (Å²) in [5.41, 5.74) is 7.68. The molecule has 0 saturated carbocycles. The van der Waals surface area contributed by atoms with Crippen LogP contribution in [0.2, 0.25) is 0 Å². The highest BCUT2D eigenvalue weighted by atomic mass is 19.1. The first-order valence-corrected chi connectivity index (χ1v) is 11.4. The number of H-pyrrole nitrogens is 1. The Hall–Kier alpha value is -4.54. The first-order valence-electron chi connectivity index (χ1n) is 11.4. The van der Waals surface area contributed by atoms with E-state index in [0.717, 1.165) is 10.2 Å². The van der Waals surface area contributed by atoms with E-state index in [1.807, 2.05) is 18.2 Å². The summed E-state index contributed by atoms with van der Waals surface area (Å²) in [5, 5.41) is 12.1. The van der Waals surface area contributed by atoms with Crippen molar-refractivity contribution in [1.82, 2.24) is 24.7 Å². The summed E-state index contributed by atoms with van der Waals surface area (Å²) in [6.45, 7) is 0.165. The number of fused-ring (bicyclic) bond motifs is 1. The maximum atomic E-state index is 14.1. The van der Waals surface area contributed by atoms with Gasteiger partial charge >= 0.3 is 5.69 Å². The first-order chi connectivity index (χ1) is 17.5. The fraction of sp³-hybridized carbons (Fsp3) is 0.240. The molecule has 0 radical (unpaired) electrons. The molecule has 0 aliphatic carbocycles. The first kappa shape index (κ1) is 23.2. The van der Waals surface area contributed by atoms with Gasteiger partial charge in [0.1, 0.15) is 18.3 Å². The van der Waals surface area contributed by atoms with E-state index in [9.17, 15) is 9.18 Å². The van der Waals surface area contributed by atoms with Gasteiger partial charge < -0.3 is 15.2 Å². The SMILES string of the molecule is N=C(N)c1ccc(CC(c2cc(CF)c3c(c2)OCCCO3)c2nn(-c3ncccn3)c(=O)[nH]2)cc1. The van der Waals surface area contributed by atoms with E-state index in [1.54, 1.807) is 24.3 Å². The third-order valence-corrected chi connectivity index (χ3v) is 5.90. The zero-order valence-electron chi connectivity index (χ0n) is 19.3. The zero-order chi connectivity index (χ0) is 25.1. The molecule has 2 aromatic heterocycles. The molecule has 5 rings (SSSR count). The van der Waals surface area contributed by atoms with Crippen LogP contribution in [-0.4, -0.2) is 43.8 Å². The smallest absolute Gasteiger partial charge is 0.350 e. The van der Waals surface area contributed by atoms with Gasteiger partial charge in [-0.2, -0.15) is 0 Å². The Balaban J connectivity index is 1.61. The molecule has 0 amide bonds. The van der Waals surface area contributed by atoms with Crippen LogP contribution in [0.5, 0.6) is 11.5 Å². The van der Waals surface area contributed by atoms with E-state index in [-0.39, 0.29) is 11.8 Å². The molecule has 4 N–H and O–H groups in total. The Labute approximate surface area is 205 Å². The number of hydrogen-bond donors (Lipinski definition) is 3. The quantitative estimate of drug-likeness (QED) is 0.267. The third kappa shape index (κ3) is 4.67. The summed E-state index contributed by atoms with van der Waals surface area (Å²) < 4.78 is 26.8. The van der Waals surface area contributed by atoms with Gasteiger partial charge in [-0.15, -0.1) is 9.78 Å². The minimum Gasteiger partial charge on any atom is -0.490 e. The predicted molar refractivity (Wildman–Crippen MR) is 130 cm³/mol. The summed E-state index contributed by atoms with van der Waals surface area (Å²) >= 11 is 0. The summed E-state index contributed by atoms with van der Waals surface area (Å²) in [4.78, 5) is 23.8. The molecule has 11 heteroatoms. The van der Waals surface area contributed by atoms with Crippen LogP contribution in [0.15, 0.2) is 59.7 Å². The Morgan fingerprint density at radius 1 is 1.17 bits per heavy atom. The Morgan fingerprint density at radius 2 is 1.92 bits per heavy atom. The molecule has 1 aliphatic heterocycles. The second-order valence-corrected chi connectivity index (χ2v) is 8.33. The van der Waals surface area contributed by atoms with Gasteiger partial charge in [0.15, 0.2) is 11.5 Å². The zero-order valence-corrected chi connectivity index (χ0v) is 19.3. The van der Waals surface area contributed by atoms with Crippen LogP contribution in [0.1, 0.15) is 40.4 Å². The number of hydrogen-bond acceptors (Lipinski definition) is 7. The average molecular weight is 490 g/mol. The number of benzene rings is 2. The number of aromatic amines is 1. The van der Waals surface area contributed by atoms with Crippen LogP contribution in [0.3, 0.4) is 0 Å². The molecule has 4 aromatic rings. The Kier molecular flexibility index (Phi) is 6.44. The number of amidine groups is 1. The van der Waals surface area contributed by atoms with E-state index < -0.39 is 18.3 Å². The number of aromatic nitrogens is 5. The Morgan fingerprint density at radius 3 is 2.64 bits per heavy atom. The lowest BCUT2D eigenvalue weighted by Gasteiger charge is -2.19. The van der Waals surface area contributed by atoms with Gasteiger partial charge in [0.25, 0.3) is 5.95 Å². The molecule has 184 valence electrons. The van der Waals surface area contributed by atoms with Crippen LogP contribution < -0.4 is 20.9 Å². The molecule has 36 heavy (non-hydrogen) atoms. The largest absolute Gasteiger partial charge is 0.490 e. The molecule has 0 bridgehead atoms. The van der Waals surface area contributed by atoms with Crippen LogP contribution >= 0.6 is 0 Å². The van der Waals surface area contributed by atoms with Crippen LogP contribution in [-0.2, 0) is 13.1 Å². The Bertz CT molecular complexity index is 1430. The highest BCUT2D eigenvalue weighted by Crippen LogP contribution is 2.39. The molecular formula is C25H24FN7O3. The van der Waals surface area contributed by atoms with E-state index in [0.29, 0.717) is 60.1 Å². The molecule has 1 atom stereocenters. The summed E-state index contributed by atoms with van der Waals surface area (Å²) in [6.07, 6.45) is 4.16. The summed E-state index contributed by atoms with van der Waals surface area (Å²) in [6, 6.07) is 12.4. The van der Waals surface area contributed by atoms with Gasteiger partial charge in [0.2, 0.25) is 0 Å². The van der Waals surface area contributed by atoms with Crippen molar-refractivity contribution in [2.45, 2.75) is 25.4 Å². The lowest BCUT2D eigenvalue weighted by Crippen LogP contribution is -2.18. The van der Waals surface area contributed by atoms with E-state index in [1.165, 1.54) is 12.4 Å². The predicted octanol–water partition coefficient (Wildman–Crippen LogP) is 2.64. The molecule has 3 heterocycles. The second kappa shape index (κ2) is 9.98. The lowest BCUT2D eigenvalue weighted by atomic mass is 9.89. The van der Waals surface area contributed by atoms with Crippen molar-refractivity contribution >= 4 is 5.84 Å². The van der Waals surface area contributed by atoms with E-state index in [2.05, 4.69) is 20.1 Å². The monoisotopic (exact) mass is 489 g/mol. The fourth-order valence-corrected chi connectivity index (χ4v) is 4.13. The van der Waals surface area contributed by atoms with Crippen molar-refractivity contribution in [3.8, 4) is 17.4 Å².